The van der Waals surface area contributed by atoms with Gasteiger partial charge in [0.2, 0.25) is 0 Å². The number of rotatable bonds is 6. The highest BCUT2D eigenvalue weighted by molar-refractivity contribution is 7.99. The van der Waals surface area contributed by atoms with Crippen LogP contribution in [-0.4, -0.2) is 28.3 Å². The van der Waals surface area contributed by atoms with Crippen LogP contribution in [0.25, 0.3) is 11.1 Å². The number of pyridine rings is 2. The Labute approximate surface area is 205 Å². The Bertz CT molecular complexity index is 1330. The van der Waals surface area contributed by atoms with Crippen molar-refractivity contribution in [1.29, 1.82) is 0 Å². The summed E-state index contributed by atoms with van der Waals surface area (Å²) in [4.78, 5) is 29.6. The Morgan fingerprint density at radius 1 is 1.03 bits per heavy atom. The van der Waals surface area contributed by atoms with E-state index >= 15 is 0 Å². The lowest BCUT2D eigenvalue weighted by Crippen LogP contribution is -2.30. The van der Waals surface area contributed by atoms with Crippen LogP contribution in [0.15, 0.2) is 52.3 Å². The van der Waals surface area contributed by atoms with Crippen LogP contribution in [-0.2, 0) is 19.4 Å². The van der Waals surface area contributed by atoms with Crippen molar-refractivity contribution < 1.29 is 31.1 Å². The van der Waals surface area contributed by atoms with E-state index in [-0.39, 0.29) is 17.2 Å². The van der Waals surface area contributed by atoms with Gasteiger partial charge in [0.05, 0.1) is 11.3 Å². The Kier molecular flexibility index (Phi) is 7.72. The molecule has 0 aliphatic heterocycles. The van der Waals surface area contributed by atoms with E-state index in [1.54, 1.807) is 13.0 Å². The molecular weight excluding hydrogens is 510 g/mol. The lowest BCUT2D eigenvalue weighted by atomic mass is 10.0. The molecule has 1 aromatic carbocycles. The Morgan fingerprint density at radius 2 is 1.67 bits per heavy atom. The van der Waals surface area contributed by atoms with Gasteiger partial charge in [-0.1, -0.05) is 19.1 Å². The number of carbonyl (C=O) groups excluding carboxylic acids is 1. The van der Waals surface area contributed by atoms with Crippen molar-refractivity contribution in [2.75, 3.05) is 23.4 Å². The average molecular weight is 530 g/mol. The largest absolute Gasteiger partial charge is 0.421 e. The van der Waals surface area contributed by atoms with Gasteiger partial charge in [-0.15, -0.1) is 11.8 Å². The van der Waals surface area contributed by atoms with E-state index in [4.69, 9.17) is 0 Å². The van der Waals surface area contributed by atoms with Gasteiger partial charge in [0.1, 0.15) is 17.1 Å². The zero-order chi connectivity index (χ0) is 26.8. The summed E-state index contributed by atoms with van der Waals surface area (Å²) in [5.41, 5.74) is -3.03. The molecule has 0 saturated heterocycles. The van der Waals surface area contributed by atoms with E-state index in [2.05, 4.69) is 15.6 Å². The average Bonchev–Trinajstić information content (AvgIpc) is 2.80. The van der Waals surface area contributed by atoms with Gasteiger partial charge < -0.3 is 10.6 Å². The molecule has 2 aromatic heterocycles. The minimum Gasteiger partial charge on any atom is -0.373 e. The molecule has 0 unspecified atom stereocenters. The second-order valence-corrected chi connectivity index (χ2v) is 8.77. The fourth-order valence-electron chi connectivity index (χ4n) is 3.41. The number of nitrogens with one attached hydrogen (secondary N) is 2. The molecule has 2 heterocycles. The number of benzene rings is 1. The number of thioether (sulfide) groups is 1. The number of amides is 1. The fraction of sp³-hybridized carbons (Fsp3) is 0.261. The molecule has 3 aromatic rings. The fourth-order valence-corrected chi connectivity index (χ4v) is 4.21. The molecule has 0 spiro atoms. The maximum Gasteiger partial charge on any atom is 0.421 e. The van der Waals surface area contributed by atoms with Crippen LogP contribution in [0.4, 0.5) is 37.8 Å². The topological polar surface area (TPSA) is 76.0 Å². The van der Waals surface area contributed by atoms with E-state index in [0.717, 1.165) is 23.7 Å². The van der Waals surface area contributed by atoms with Crippen molar-refractivity contribution in [2.45, 2.75) is 24.2 Å². The van der Waals surface area contributed by atoms with Crippen molar-refractivity contribution >= 4 is 29.2 Å². The summed E-state index contributed by atoms with van der Waals surface area (Å²) in [7, 11) is 2.52. The van der Waals surface area contributed by atoms with Gasteiger partial charge >= 0.3 is 12.4 Å². The number of anilines is 2. The second-order valence-electron chi connectivity index (χ2n) is 7.47. The smallest absolute Gasteiger partial charge is 0.373 e. The van der Waals surface area contributed by atoms with Gasteiger partial charge in [-0.05, 0) is 35.6 Å². The maximum absolute atomic E-state index is 13.3. The van der Waals surface area contributed by atoms with Gasteiger partial charge in [-0.25, -0.2) is 4.98 Å². The zero-order valence-electron chi connectivity index (χ0n) is 19.1. The molecule has 0 bridgehead atoms. The minimum atomic E-state index is -4.94. The highest BCUT2D eigenvalue weighted by Gasteiger charge is 2.36. The quantitative estimate of drug-likeness (QED) is 0.307. The predicted octanol–water partition coefficient (Wildman–Crippen LogP) is 5.89. The molecule has 0 saturated carbocycles. The minimum absolute atomic E-state index is 0.0487. The Morgan fingerprint density at radius 3 is 2.19 bits per heavy atom. The van der Waals surface area contributed by atoms with E-state index in [1.807, 2.05) is 0 Å². The van der Waals surface area contributed by atoms with Crippen molar-refractivity contribution in [3.05, 3.63) is 69.8 Å². The van der Waals surface area contributed by atoms with Crippen LogP contribution in [0, 0.1) is 0 Å². The first-order valence-electron chi connectivity index (χ1n) is 10.4. The predicted molar refractivity (Wildman–Crippen MR) is 125 cm³/mol. The molecule has 36 heavy (non-hydrogen) atoms. The first-order valence-corrected chi connectivity index (χ1v) is 11.4. The molecule has 192 valence electrons. The third-order valence-electron chi connectivity index (χ3n) is 5.12. The van der Waals surface area contributed by atoms with Gasteiger partial charge in [0, 0.05) is 30.8 Å². The van der Waals surface area contributed by atoms with Crippen molar-refractivity contribution in [3.63, 3.8) is 0 Å². The molecule has 0 aliphatic carbocycles. The molecule has 6 nitrogen and oxygen atoms in total. The summed E-state index contributed by atoms with van der Waals surface area (Å²) in [6, 6.07) is 6.54. The van der Waals surface area contributed by atoms with Crippen LogP contribution in [0.1, 0.15) is 28.5 Å². The molecule has 3 rings (SSSR count). The third kappa shape index (κ3) is 5.66. The SMILES string of the molecule is CCSc1cc(-c2ccc(C(F)(F)F)cc2)cnc1C(=O)Nc1cc(C(F)(F)F)c(=O)n(C)c1NC. The molecule has 0 atom stereocenters. The molecule has 2 N–H and O–H groups in total. The number of nitrogens with zero attached hydrogens (tertiary/aromatic N) is 2. The first kappa shape index (κ1) is 27.1. The van der Waals surface area contributed by atoms with Gasteiger partial charge in [0.25, 0.3) is 11.5 Å². The van der Waals surface area contributed by atoms with E-state index in [0.29, 0.717) is 27.8 Å². The summed E-state index contributed by atoms with van der Waals surface area (Å²) < 4.78 is 79.3. The van der Waals surface area contributed by atoms with Crippen LogP contribution >= 0.6 is 11.8 Å². The number of halogens is 6. The first-order chi connectivity index (χ1) is 16.8. The lowest BCUT2D eigenvalue weighted by molar-refractivity contribution is -0.139. The summed E-state index contributed by atoms with van der Waals surface area (Å²) in [5, 5.41) is 4.98. The summed E-state index contributed by atoms with van der Waals surface area (Å²) in [6.45, 7) is 1.80. The monoisotopic (exact) mass is 530 g/mol. The van der Waals surface area contributed by atoms with Gasteiger partial charge in [-0.3, -0.25) is 14.2 Å². The van der Waals surface area contributed by atoms with Crippen molar-refractivity contribution in [1.82, 2.24) is 9.55 Å². The number of alkyl halides is 6. The van der Waals surface area contributed by atoms with E-state index in [1.165, 1.54) is 37.1 Å². The number of hydrogen-bond donors (Lipinski definition) is 2. The van der Waals surface area contributed by atoms with Crippen molar-refractivity contribution in [2.24, 2.45) is 7.05 Å². The molecule has 0 radical (unpaired) electrons. The number of hydrogen-bond acceptors (Lipinski definition) is 5. The summed E-state index contributed by atoms with van der Waals surface area (Å²) >= 11 is 1.23. The Hall–Kier alpha value is -3.48. The highest BCUT2D eigenvalue weighted by atomic mass is 32.2. The zero-order valence-corrected chi connectivity index (χ0v) is 20.0. The number of aromatic nitrogens is 2. The molecule has 13 heteroatoms. The standard InChI is InChI=1S/C23H20F6N4O2S/c1-4-36-17-9-13(12-5-7-14(8-6-12)22(24,25)26)11-31-18(17)20(34)32-16-10-15(23(27,28)29)21(35)33(3)19(16)30-2/h5-11,30H,4H2,1-3H3,(H,32,34). The Balaban J connectivity index is 2.00. The molecular formula is C23H20F6N4O2S. The van der Waals surface area contributed by atoms with Gasteiger partial charge in [0.15, 0.2) is 0 Å². The number of carbonyl (C=O) groups is 1. The van der Waals surface area contributed by atoms with E-state index in [9.17, 15) is 35.9 Å². The van der Waals surface area contributed by atoms with E-state index < -0.39 is 34.9 Å². The summed E-state index contributed by atoms with van der Waals surface area (Å²) in [5.74, 6) is -0.362. The normalized spacial score (nSPS) is 11.9. The van der Waals surface area contributed by atoms with Crippen LogP contribution in [0.5, 0.6) is 0 Å². The van der Waals surface area contributed by atoms with Crippen LogP contribution in [0.2, 0.25) is 0 Å². The van der Waals surface area contributed by atoms with Gasteiger partial charge in [-0.2, -0.15) is 26.3 Å². The lowest BCUT2D eigenvalue weighted by Gasteiger charge is -2.18. The summed E-state index contributed by atoms with van der Waals surface area (Å²) in [6.07, 6.45) is -8.13. The molecule has 0 aliphatic rings. The van der Waals surface area contributed by atoms with Crippen molar-refractivity contribution in [3.8, 4) is 11.1 Å². The van der Waals surface area contributed by atoms with Crippen LogP contribution in [0.3, 0.4) is 0 Å². The second kappa shape index (κ2) is 10.2. The molecule has 0 fully saturated rings. The highest BCUT2D eigenvalue weighted by Crippen LogP contribution is 2.34. The third-order valence-corrected chi connectivity index (χ3v) is 6.03. The van der Waals surface area contributed by atoms with Crippen LogP contribution < -0.4 is 16.2 Å². The maximum atomic E-state index is 13.3. The molecule has 1 amide bonds.